The number of para-hydroxylation sites is 1. The van der Waals surface area contributed by atoms with Crippen molar-refractivity contribution in [2.75, 3.05) is 4.90 Å². The molecule has 0 radical (unpaired) electrons. The molecule has 4 aliphatic carbocycles. The first-order valence-electron chi connectivity index (χ1n) is 23.1. The van der Waals surface area contributed by atoms with E-state index >= 15 is 0 Å². The van der Waals surface area contributed by atoms with Gasteiger partial charge in [0.05, 0.1) is 17.0 Å². The van der Waals surface area contributed by atoms with Gasteiger partial charge in [-0.15, -0.1) is 0 Å². The van der Waals surface area contributed by atoms with Gasteiger partial charge in [0.1, 0.15) is 11.9 Å². The van der Waals surface area contributed by atoms with Gasteiger partial charge in [0.25, 0.3) is 0 Å². The van der Waals surface area contributed by atoms with Crippen LogP contribution in [0.2, 0.25) is 0 Å². The molecular formula is C64H47NO. The molecule has 0 aromatic heterocycles. The van der Waals surface area contributed by atoms with Crippen molar-refractivity contribution in [2.45, 2.75) is 36.7 Å². The number of benzene rings is 8. The van der Waals surface area contributed by atoms with Crippen molar-refractivity contribution in [3.05, 3.63) is 276 Å². The van der Waals surface area contributed by atoms with Gasteiger partial charge in [-0.25, -0.2) is 0 Å². The second-order valence-electron chi connectivity index (χ2n) is 18.7. The van der Waals surface area contributed by atoms with Gasteiger partial charge in [-0.1, -0.05) is 191 Å². The highest BCUT2D eigenvalue weighted by Crippen LogP contribution is 2.63. The monoisotopic (exact) mass is 845 g/mol. The van der Waals surface area contributed by atoms with E-state index in [0.29, 0.717) is 0 Å². The molecule has 0 fully saturated rings. The zero-order chi connectivity index (χ0) is 44.3. The lowest BCUT2D eigenvalue weighted by molar-refractivity contribution is 0.264. The number of hydrogen-bond donors (Lipinski definition) is 0. The fraction of sp³-hybridized carbons (Fsp3) is 0.0938. The summed E-state index contributed by atoms with van der Waals surface area (Å²) in [5, 5.41) is 0. The Bertz CT molecular complexity index is 3490. The Hall–Kier alpha value is -7.94. The van der Waals surface area contributed by atoms with E-state index in [9.17, 15) is 0 Å². The second-order valence-corrected chi connectivity index (χ2v) is 18.7. The molecule has 0 N–H and O–H groups in total. The molecule has 13 rings (SSSR count). The molecule has 0 saturated carbocycles. The lowest BCUT2D eigenvalue weighted by Crippen LogP contribution is -2.29. The smallest absolute Gasteiger partial charge is 0.130 e. The van der Waals surface area contributed by atoms with E-state index in [1.807, 2.05) is 6.08 Å². The van der Waals surface area contributed by atoms with Crippen molar-refractivity contribution >= 4 is 16.9 Å². The molecule has 66 heavy (non-hydrogen) atoms. The van der Waals surface area contributed by atoms with Crippen LogP contribution in [0.3, 0.4) is 0 Å². The summed E-state index contributed by atoms with van der Waals surface area (Å²) in [7, 11) is 0. The van der Waals surface area contributed by atoms with Crippen molar-refractivity contribution in [2.24, 2.45) is 0 Å². The van der Waals surface area contributed by atoms with Crippen LogP contribution in [0.5, 0.6) is 5.75 Å². The summed E-state index contributed by atoms with van der Waals surface area (Å²) >= 11 is 0. The predicted molar refractivity (Wildman–Crippen MR) is 273 cm³/mol. The number of ether oxygens (including phenoxy) is 1. The van der Waals surface area contributed by atoms with Gasteiger partial charge in [0.2, 0.25) is 0 Å². The van der Waals surface area contributed by atoms with Gasteiger partial charge in [-0.2, -0.15) is 0 Å². The molecule has 8 aromatic rings. The summed E-state index contributed by atoms with van der Waals surface area (Å²) in [6.45, 7) is 13.5. The molecule has 2 nitrogen and oxygen atoms in total. The van der Waals surface area contributed by atoms with Gasteiger partial charge < -0.3 is 9.64 Å². The molecule has 1 heterocycles. The average Bonchev–Trinajstić information content (AvgIpc) is 4.06. The summed E-state index contributed by atoms with van der Waals surface area (Å²) in [6, 6.07) is 67.5. The topological polar surface area (TPSA) is 12.5 Å². The Morgan fingerprint density at radius 1 is 0.515 bits per heavy atom. The van der Waals surface area contributed by atoms with Gasteiger partial charge in [-0.3, -0.25) is 0 Å². The zero-order valence-corrected chi connectivity index (χ0v) is 37.1. The van der Waals surface area contributed by atoms with Crippen LogP contribution in [0.1, 0.15) is 58.7 Å². The standard InChI is InChI=1S/C64H47NO/c1-5-44-45-21-11-15-26-54(45)64(52(44)6-2)55-27-16-12-23-47(55)51-38-42(31-35-56(51)64)50-37-41(40-19-8-7-9-20-40)32-36-58(50)65(59-28-18-30-61-62(59)49-24-13-17-29-60(49)66-61)43-33-34-48-46-22-10-14-25-53(46)63(3,4)57(48)39-43/h5-39,61-62H,1-2H2,3-4H3. The van der Waals surface area contributed by atoms with Gasteiger partial charge in [0.15, 0.2) is 0 Å². The van der Waals surface area contributed by atoms with Crippen LogP contribution in [0, 0.1) is 0 Å². The summed E-state index contributed by atoms with van der Waals surface area (Å²) in [4.78, 5) is 2.54. The molecular weight excluding hydrogens is 799 g/mol. The molecule has 3 unspecified atom stereocenters. The zero-order valence-electron chi connectivity index (χ0n) is 37.1. The fourth-order valence-electron chi connectivity index (χ4n) is 12.4. The van der Waals surface area contributed by atoms with Crippen molar-refractivity contribution in [3.63, 3.8) is 0 Å². The molecule has 5 aliphatic rings. The number of nitrogens with zero attached hydrogens (tertiary/aromatic N) is 1. The first-order chi connectivity index (χ1) is 32.4. The van der Waals surface area contributed by atoms with Crippen LogP contribution in [-0.2, 0) is 10.8 Å². The van der Waals surface area contributed by atoms with E-state index in [4.69, 9.17) is 4.74 Å². The predicted octanol–water partition coefficient (Wildman–Crippen LogP) is 15.9. The lowest BCUT2D eigenvalue weighted by Gasteiger charge is -2.36. The van der Waals surface area contributed by atoms with E-state index < -0.39 is 5.41 Å². The minimum absolute atomic E-state index is 0.0105. The third-order valence-corrected chi connectivity index (χ3v) is 15.2. The normalized spacial score (nSPS) is 19.5. The highest BCUT2D eigenvalue weighted by Gasteiger charge is 2.52. The first kappa shape index (κ1) is 38.5. The maximum Gasteiger partial charge on any atom is 0.130 e. The molecule has 0 bridgehead atoms. The fourth-order valence-corrected chi connectivity index (χ4v) is 12.4. The number of fused-ring (bicyclic) bond motifs is 13. The molecule has 1 spiro atoms. The third-order valence-electron chi connectivity index (χ3n) is 15.2. The summed E-state index contributed by atoms with van der Waals surface area (Å²) in [6.07, 6.45) is 10.7. The maximum absolute atomic E-state index is 6.72. The number of hydrogen-bond acceptors (Lipinski definition) is 2. The van der Waals surface area contributed by atoms with Crippen LogP contribution < -0.4 is 9.64 Å². The minimum atomic E-state index is -0.508. The molecule has 314 valence electrons. The highest BCUT2D eigenvalue weighted by atomic mass is 16.5. The van der Waals surface area contributed by atoms with Crippen LogP contribution >= 0.6 is 0 Å². The Morgan fingerprint density at radius 2 is 1.15 bits per heavy atom. The number of anilines is 2. The van der Waals surface area contributed by atoms with Crippen molar-refractivity contribution in [1.82, 2.24) is 0 Å². The summed E-state index contributed by atoms with van der Waals surface area (Å²) in [5.41, 5.74) is 23.8. The van der Waals surface area contributed by atoms with Crippen molar-refractivity contribution in [3.8, 4) is 50.3 Å². The third kappa shape index (κ3) is 5.18. The minimum Gasteiger partial charge on any atom is -0.485 e. The molecule has 1 aliphatic heterocycles. The highest BCUT2D eigenvalue weighted by molar-refractivity contribution is 6.00. The molecule has 3 atom stereocenters. The Labute approximate surface area is 387 Å². The Balaban J connectivity index is 1.07. The van der Waals surface area contributed by atoms with E-state index in [2.05, 4.69) is 238 Å². The van der Waals surface area contributed by atoms with E-state index in [1.165, 1.54) is 83.6 Å². The van der Waals surface area contributed by atoms with E-state index in [0.717, 1.165) is 33.8 Å². The van der Waals surface area contributed by atoms with Crippen molar-refractivity contribution in [1.29, 1.82) is 0 Å². The molecule has 0 saturated heterocycles. The Morgan fingerprint density at radius 3 is 1.94 bits per heavy atom. The van der Waals surface area contributed by atoms with Crippen LogP contribution in [0.15, 0.2) is 237 Å². The Kier molecular flexibility index (Phi) is 8.33. The molecule has 8 aromatic carbocycles. The number of rotatable bonds is 7. The van der Waals surface area contributed by atoms with Gasteiger partial charge in [0, 0.05) is 27.9 Å². The quantitative estimate of drug-likeness (QED) is 0.158. The lowest BCUT2D eigenvalue weighted by atomic mass is 9.69. The SMILES string of the molecule is C=CC1=C(C=C)C2(c3ccccc31)c1ccccc1-c1cc(-c3cc(-c4ccccc4)ccc3N(C3=CC=CC4Oc5ccccc5C34)c3ccc4c(c3)C(C)(C)c3ccccc3-4)ccc12. The first-order valence-corrected chi connectivity index (χ1v) is 23.1. The average molecular weight is 846 g/mol. The van der Waals surface area contributed by atoms with Crippen LogP contribution in [0.25, 0.3) is 50.1 Å². The summed E-state index contributed by atoms with van der Waals surface area (Å²) in [5.74, 6) is 0.936. The second kappa shape index (κ2) is 14.3. The van der Waals surface area contributed by atoms with Gasteiger partial charge in [-0.05, 0) is 132 Å². The van der Waals surface area contributed by atoms with Crippen LogP contribution in [0.4, 0.5) is 11.4 Å². The molecule has 0 amide bonds. The van der Waals surface area contributed by atoms with E-state index in [1.54, 1.807) is 0 Å². The van der Waals surface area contributed by atoms with Gasteiger partial charge >= 0.3 is 0 Å². The maximum atomic E-state index is 6.72. The van der Waals surface area contributed by atoms with E-state index in [-0.39, 0.29) is 17.4 Å². The summed E-state index contributed by atoms with van der Waals surface area (Å²) < 4.78 is 6.72. The molecule has 2 heteroatoms. The van der Waals surface area contributed by atoms with Crippen LogP contribution in [-0.4, -0.2) is 6.10 Å². The van der Waals surface area contributed by atoms with Crippen molar-refractivity contribution < 1.29 is 4.74 Å². The largest absolute Gasteiger partial charge is 0.485 e. The number of allylic oxidation sites excluding steroid dienone is 6.